The fraction of sp³-hybridized carbons (Fsp3) is 0.500. The molecular formula is C18H27ClN2O2. The van der Waals surface area contributed by atoms with E-state index in [1.165, 1.54) is 5.56 Å². The number of carbonyl (C=O) groups is 1. The van der Waals surface area contributed by atoms with E-state index in [0.717, 1.165) is 13.0 Å². The number of nitrogens with two attached hydrogens (primary N) is 1. The summed E-state index contributed by atoms with van der Waals surface area (Å²) in [7, 11) is 0. The Balaban J connectivity index is 0.00000264. The Bertz CT molecular complexity index is 495. The molecule has 1 fully saturated rings. The van der Waals surface area contributed by atoms with Gasteiger partial charge in [-0.05, 0) is 31.4 Å². The van der Waals surface area contributed by atoms with Crippen LogP contribution in [0.15, 0.2) is 43.0 Å². The molecule has 128 valence electrons. The van der Waals surface area contributed by atoms with Crippen LogP contribution in [-0.4, -0.2) is 43.2 Å². The minimum Gasteiger partial charge on any atom is -0.368 e. The van der Waals surface area contributed by atoms with Crippen LogP contribution in [0.4, 0.5) is 0 Å². The third kappa shape index (κ3) is 5.06. The highest BCUT2D eigenvalue weighted by atomic mass is 35.5. The number of hydrogen-bond donors (Lipinski definition) is 1. The van der Waals surface area contributed by atoms with Crippen molar-refractivity contribution in [1.29, 1.82) is 0 Å². The molecule has 0 aromatic heterocycles. The van der Waals surface area contributed by atoms with E-state index in [4.69, 9.17) is 10.5 Å². The van der Waals surface area contributed by atoms with E-state index >= 15 is 0 Å². The largest absolute Gasteiger partial charge is 0.368 e. The molecule has 1 heterocycles. The van der Waals surface area contributed by atoms with E-state index < -0.39 is 6.10 Å². The third-order valence-corrected chi connectivity index (χ3v) is 4.32. The Morgan fingerprint density at radius 1 is 1.43 bits per heavy atom. The van der Waals surface area contributed by atoms with Crippen LogP contribution in [0.5, 0.6) is 0 Å². The maximum Gasteiger partial charge on any atom is 0.251 e. The molecule has 0 bridgehead atoms. The van der Waals surface area contributed by atoms with Gasteiger partial charge in [0, 0.05) is 19.0 Å². The van der Waals surface area contributed by atoms with Crippen LogP contribution >= 0.6 is 12.4 Å². The highest BCUT2D eigenvalue weighted by Crippen LogP contribution is 2.32. The zero-order valence-electron chi connectivity index (χ0n) is 13.7. The molecule has 0 radical (unpaired) electrons. The number of carbonyl (C=O) groups excluding carboxylic acids is 1. The summed E-state index contributed by atoms with van der Waals surface area (Å²) in [5, 5.41) is 0. The van der Waals surface area contributed by atoms with Gasteiger partial charge in [0.2, 0.25) is 0 Å². The summed E-state index contributed by atoms with van der Waals surface area (Å²) < 4.78 is 5.57. The highest BCUT2D eigenvalue weighted by Gasteiger charge is 2.36. The Hall–Kier alpha value is -1.36. The Labute approximate surface area is 145 Å². The SMILES string of the molecule is C=CCCOC(C)C(=O)N1C[C@@H](CN)[C@H](c2ccccc2)C1.Cl. The molecule has 4 nitrogen and oxygen atoms in total. The summed E-state index contributed by atoms with van der Waals surface area (Å²) in [6, 6.07) is 10.3. The smallest absolute Gasteiger partial charge is 0.251 e. The molecule has 1 aromatic rings. The fourth-order valence-corrected chi connectivity index (χ4v) is 3.02. The van der Waals surface area contributed by atoms with E-state index in [-0.39, 0.29) is 18.3 Å². The van der Waals surface area contributed by atoms with Crippen LogP contribution in [0.25, 0.3) is 0 Å². The number of halogens is 1. The monoisotopic (exact) mass is 338 g/mol. The second kappa shape index (κ2) is 9.71. The van der Waals surface area contributed by atoms with Gasteiger partial charge < -0.3 is 15.4 Å². The summed E-state index contributed by atoms with van der Waals surface area (Å²) >= 11 is 0. The Morgan fingerprint density at radius 3 is 2.74 bits per heavy atom. The van der Waals surface area contributed by atoms with Gasteiger partial charge in [-0.2, -0.15) is 0 Å². The van der Waals surface area contributed by atoms with E-state index in [0.29, 0.717) is 31.5 Å². The lowest BCUT2D eigenvalue weighted by Gasteiger charge is -2.21. The number of rotatable bonds is 7. The third-order valence-electron chi connectivity index (χ3n) is 4.32. The van der Waals surface area contributed by atoms with Crippen LogP contribution in [0.1, 0.15) is 24.8 Å². The minimum absolute atomic E-state index is 0. The number of nitrogens with zero attached hydrogens (tertiary/aromatic N) is 1. The zero-order valence-corrected chi connectivity index (χ0v) is 14.5. The fourth-order valence-electron chi connectivity index (χ4n) is 3.02. The Kier molecular flexibility index (Phi) is 8.31. The lowest BCUT2D eigenvalue weighted by Crippen LogP contribution is -2.38. The standard InChI is InChI=1S/C18H26N2O2.ClH/c1-3-4-10-22-14(2)18(21)20-12-16(11-19)17(13-20)15-8-6-5-7-9-15;/h3,5-9,14,16-17H,1,4,10-13,19H2,2H3;1H/t14?,16-,17+;/m1./s1. The first-order valence-electron chi connectivity index (χ1n) is 7.93. The molecule has 0 aliphatic carbocycles. The number of benzene rings is 1. The van der Waals surface area contributed by atoms with Gasteiger partial charge in [-0.1, -0.05) is 36.4 Å². The van der Waals surface area contributed by atoms with Crippen molar-refractivity contribution in [2.75, 3.05) is 26.2 Å². The summed E-state index contributed by atoms with van der Waals surface area (Å²) in [6.45, 7) is 8.03. The molecule has 0 spiro atoms. The van der Waals surface area contributed by atoms with Gasteiger partial charge in [0.05, 0.1) is 6.61 Å². The topological polar surface area (TPSA) is 55.6 Å². The van der Waals surface area contributed by atoms with Crippen LogP contribution < -0.4 is 5.73 Å². The van der Waals surface area contributed by atoms with Gasteiger partial charge in [-0.15, -0.1) is 19.0 Å². The molecule has 23 heavy (non-hydrogen) atoms. The van der Waals surface area contributed by atoms with Gasteiger partial charge in [0.1, 0.15) is 6.10 Å². The average Bonchev–Trinajstić information content (AvgIpc) is 2.99. The Morgan fingerprint density at radius 2 is 2.13 bits per heavy atom. The molecular weight excluding hydrogens is 312 g/mol. The quantitative estimate of drug-likeness (QED) is 0.614. The van der Waals surface area contributed by atoms with Crippen LogP contribution in [0, 0.1) is 5.92 Å². The maximum atomic E-state index is 12.5. The van der Waals surface area contributed by atoms with E-state index in [2.05, 4.69) is 18.7 Å². The van der Waals surface area contributed by atoms with E-state index in [9.17, 15) is 4.79 Å². The highest BCUT2D eigenvalue weighted by molar-refractivity contribution is 5.85. The van der Waals surface area contributed by atoms with Crippen LogP contribution in [-0.2, 0) is 9.53 Å². The first kappa shape index (κ1) is 19.7. The molecule has 1 aromatic carbocycles. The number of ether oxygens (including phenoxy) is 1. The van der Waals surface area contributed by atoms with Gasteiger partial charge in [-0.25, -0.2) is 0 Å². The second-order valence-electron chi connectivity index (χ2n) is 5.85. The molecule has 1 aliphatic heterocycles. The van der Waals surface area contributed by atoms with Crippen molar-refractivity contribution < 1.29 is 9.53 Å². The van der Waals surface area contributed by atoms with Crippen molar-refractivity contribution in [1.82, 2.24) is 4.90 Å². The predicted molar refractivity (Wildman–Crippen MR) is 95.8 cm³/mol. The van der Waals surface area contributed by atoms with Crippen molar-refractivity contribution in [2.24, 2.45) is 11.7 Å². The normalized spacial score (nSPS) is 21.6. The summed E-state index contributed by atoms with van der Waals surface area (Å²) in [4.78, 5) is 14.4. The summed E-state index contributed by atoms with van der Waals surface area (Å²) in [5.41, 5.74) is 7.18. The van der Waals surface area contributed by atoms with Crippen molar-refractivity contribution in [3.63, 3.8) is 0 Å². The van der Waals surface area contributed by atoms with E-state index in [1.54, 1.807) is 6.08 Å². The first-order valence-corrected chi connectivity index (χ1v) is 7.93. The summed E-state index contributed by atoms with van der Waals surface area (Å²) in [6.07, 6.45) is 2.14. The minimum atomic E-state index is -0.409. The van der Waals surface area contributed by atoms with Gasteiger partial charge in [0.15, 0.2) is 0 Å². The summed E-state index contributed by atoms with van der Waals surface area (Å²) in [5.74, 6) is 0.684. The molecule has 3 atom stereocenters. The van der Waals surface area contributed by atoms with Gasteiger partial charge in [0.25, 0.3) is 5.91 Å². The van der Waals surface area contributed by atoms with Crippen LogP contribution in [0.3, 0.4) is 0 Å². The number of hydrogen-bond acceptors (Lipinski definition) is 3. The molecule has 1 aliphatic rings. The maximum absolute atomic E-state index is 12.5. The number of likely N-dealkylation sites (tertiary alicyclic amines) is 1. The molecule has 1 saturated heterocycles. The average molecular weight is 339 g/mol. The zero-order chi connectivity index (χ0) is 15.9. The van der Waals surface area contributed by atoms with Crippen molar-refractivity contribution >= 4 is 18.3 Å². The molecule has 1 unspecified atom stereocenters. The van der Waals surface area contributed by atoms with Crippen LogP contribution in [0.2, 0.25) is 0 Å². The molecule has 2 N–H and O–H groups in total. The lowest BCUT2D eigenvalue weighted by atomic mass is 9.89. The molecule has 1 amide bonds. The lowest BCUT2D eigenvalue weighted by molar-refractivity contribution is -0.141. The molecule has 2 rings (SSSR count). The molecule has 0 saturated carbocycles. The van der Waals surface area contributed by atoms with E-state index in [1.807, 2.05) is 30.0 Å². The van der Waals surface area contributed by atoms with Crippen molar-refractivity contribution in [2.45, 2.75) is 25.4 Å². The molecule has 5 heteroatoms. The van der Waals surface area contributed by atoms with Crippen molar-refractivity contribution in [3.8, 4) is 0 Å². The second-order valence-corrected chi connectivity index (χ2v) is 5.85. The van der Waals surface area contributed by atoms with Crippen molar-refractivity contribution in [3.05, 3.63) is 48.6 Å². The van der Waals surface area contributed by atoms with Gasteiger partial charge in [-0.3, -0.25) is 4.79 Å². The predicted octanol–water partition coefficient (Wildman–Crippen LogP) is 2.59. The first-order chi connectivity index (χ1) is 10.7. The van der Waals surface area contributed by atoms with Gasteiger partial charge >= 0.3 is 0 Å². The number of amides is 1.